The van der Waals surface area contributed by atoms with Crippen LogP contribution in [0.3, 0.4) is 0 Å². The Balaban J connectivity index is 1.55. The van der Waals surface area contributed by atoms with Crippen LogP contribution in [0, 0.1) is 19.8 Å². The molecule has 2 unspecified atom stereocenters. The summed E-state index contributed by atoms with van der Waals surface area (Å²) in [4.78, 5) is 8.50. The molecule has 18 heavy (non-hydrogen) atoms. The summed E-state index contributed by atoms with van der Waals surface area (Å²) < 4.78 is 0. The van der Waals surface area contributed by atoms with Gasteiger partial charge >= 0.3 is 0 Å². The molecule has 1 aromatic heterocycles. The maximum atomic E-state index is 4.56. The molecule has 0 aliphatic carbocycles. The Labute approximate surface area is 114 Å². The van der Waals surface area contributed by atoms with Gasteiger partial charge in [0.2, 0.25) is 0 Å². The fourth-order valence-electron chi connectivity index (χ4n) is 3.47. The van der Waals surface area contributed by atoms with E-state index in [1.54, 1.807) is 11.3 Å². The number of fused-ring (bicyclic) bond motifs is 2. The van der Waals surface area contributed by atoms with Crippen molar-refractivity contribution in [2.24, 2.45) is 5.92 Å². The molecular weight excluding hydrogens is 242 g/mol. The van der Waals surface area contributed by atoms with Crippen LogP contribution in [0.5, 0.6) is 0 Å². The third-order valence-corrected chi connectivity index (χ3v) is 5.80. The number of hydrogen-bond donors (Lipinski definition) is 1. The lowest BCUT2D eigenvalue weighted by atomic mass is 9.91. The fourth-order valence-corrected chi connectivity index (χ4v) is 4.29. The topological polar surface area (TPSA) is 28.2 Å². The monoisotopic (exact) mass is 265 g/mol. The highest BCUT2D eigenvalue weighted by Crippen LogP contribution is 2.37. The molecule has 1 N–H and O–H groups in total. The normalized spacial score (nSPS) is 31.8. The van der Waals surface area contributed by atoms with Crippen molar-refractivity contribution in [1.29, 1.82) is 0 Å². The minimum atomic E-state index is 0.836. The van der Waals surface area contributed by atoms with Crippen molar-refractivity contribution in [3.05, 3.63) is 10.6 Å². The van der Waals surface area contributed by atoms with Crippen molar-refractivity contribution in [3.63, 3.8) is 0 Å². The van der Waals surface area contributed by atoms with Crippen LogP contribution < -0.4 is 5.32 Å². The van der Waals surface area contributed by atoms with Crippen LogP contribution in [0.15, 0.2) is 0 Å². The van der Waals surface area contributed by atoms with Gasteiger partial charge in [-0.1, -0.05) is 0 Å². The molecule has 0 spiro atoms. The van der Waals surface area contributed by atoms with E-state index >= 15 is 0 Å². The zero-order valence-corrected chi connectivity index (χ0v) is 12.4. The van der Waals surface area contributed by atoms with Crippen molar-refractivity contribution in [3.8, 4) is 0 Å². The molecule has 2 saturated heterocycles. The van der Waals surface area contributed by atoms with E-state index < -0.39 is 0 Å². The first-order valence-electron chi connectivity index (χ1n) is 7.03. The first-order valence-corrected chi connectivity index (χ1v) is 7.85. The minimum absolute atomic E-state index is 0.836. The van der Waals surface area contributed by atoms with Crippen LogP contribution in [0.4, 0.5) is 5.13 Å². The molecular formula is C14H23N3S. The van der Waals surface area contributed by atoms with Crippen LogP contribution in [0.25, 0.3) is 0 Å². The molecule has 0 aromatic carbocycles. The summed E-state index contributed by atoms with van der Waals surface area (Å²) in [5.41, 5.74) is 1.17. The van der Waals surface area contributed by atoms with Gasteiger partial charge in [-0.25, -0.2) is 4.98 Å². The van der Waals surface area contributed by atoms with Crippen LogP contribution in [0.1, 0.15) is 36.3 Å². The Morgan fingerprint density at radius 3 is 2.50 bits per heavy atom. The molecule has 3 heterocycles. The summed E-state index contributed by atoms with van der Waals surface area (Å²) in [5, 5.41) is 4.66. The van der Waals surface area contributed by atoms with E-state index in [-0.39, 0.29) is 0 Å². The molecule has 3 rings (SSSR count). The molecule has 0 saturated carbocycles. The largest absolute Gasteiger partial charge is 0.361 e. The predicted molar refractivity (Wildman–Crippen MR) is 77.4 cm³/mol. The van der Waals surface area contributed by atoms with Crippen LogP contribution >= 0.6 is 11.3 Å². The number of aryl methyl sites for hydroxylation is 2. The zero-order valence-electron chi connectivity index (χ0n) is 11.6. The average molecular weight is 265 g/mol. The number of nitrogens with one attached hydrogen (secondary N) is 1. The number of piperidine rings is 1. The van der Waals surface area contributed by atoms with Gasteiger partial charge in [0, 0.05) is 23.5 Å². The summed E-state index contributed by atoms with van der Waals surface area (Å²) in [6.07, 6.45) is 5.55. The Morgan fingerprint density at radius 1 is 1.28 bits per heavy atom. The number of thiazole rings is 1. The van der Waals surface area contributed by atoms with Gasteiger partial charge in [0.1, 0.15) is 0 Å². The first kappa shape index (κ1) is 12.4. The summed E-state index contributed by atoms with van der Waals surface area (Å²) in [7, 11) is 2.31. The molecule has 2 fully saturated rings. The highest BCUT2D eigenvalue weighted by atomic mass is 32.1. The summed E-state index contributed by atoms with van der Waals surface area (Å²) in [5.74, 6) is 0.836. The Kier molecular flexibility index (Phi) is 3.32. The lowest BCUT2D eigenvalue weighted by Crippen LogP contribution is -2.41. The minimum Gasteiger partial charge on any atom is -0.361 e. The van der Waals surface area contributed by atoms with E-state index in [0.29, 0.717) is 0 Å². The Morgan fingerprint density at radius 2 is 1.94 bits per heavy atom. The number of rotatable bonds is 3. The van der Waals surface area contributed by atoms with Crippen LogP contribution in [-0.2, 0) is 0 Å². The molecule has 4 heteroatoms. The zero-order chi connectivity index (χ0) is 12.7. The SMILES string of the molecule is Cc1nc(NCC2CC3CCC(C2)N3C)sc1C. The van der Waals surface area contributed by atoms with Crippen LogP contribution in [0.2, 0.25) is 0 Å². The molecule has 0 amide bonds. The highest BCUT2D eigenvalue weighted by Gasteiger charge is 2.38. The molecule has 2 aliphatic heterocycles. The van der Waals surface area contributed by atoms with Gasteiger partial charge < -0.3 is 10.2 Å². The van der Waals surface area contributed by atoms with E-state index in [2.05, 4.69) is 36.1 Å². The third-order valence-electron chi connectivity index (χ3n) is 4.77. The predicted octanol–water partition coefficient (Wildman–Crippen LogP) is 3.04. The van der Waals surface area contributed by atoms with Gasteiger partial charge in [-0.2, -0.15) is 0 Å². The number of anilines is 1. The second-order valence-corrected chi connectivity index (χ2v) is 7.13. The van der Waals surface area contributed by atoms with Crippen molar-refractivity contribution >= 4 is 16.5 Å². The van der Waals surface area contributed by atoms with Crippen molar-refractivity contribution < 1.29 is 0 Å². The fraction of sp³-hybridized carbons (Fsp3) is 0.786. The second-order valence-electron chi connectivity index (χ2n) is 5.93. The smallest absolute Gasteiger partial charge is 0.183 e. The Hall–Kier alpha value is -0.610. The lowest BCUT2D eigenvalue weighted by Gasteiger charge is -2.36. The van der Waals surface area contributed by atoms with Gasteiger partial charge in [-0.05, 0) is 52.5 Å². The second kappa shape index (κ2) is 4.82. The molecule has 3 nitrogen and oxygen atoms in total. The van der Waals surface area contributed by atoms with Crippen molar-refractivity contribution in [1.82, 2.24) is 9.88 Å². The van der Waals surface area contributed by atoms with Gasteiger partial charge in [0.15, 0.2) is 5.13 Å². The first-order chi connectivity index (χ1) is 8.63. The highest BCUT2D eigenvalue weighted by molar-refractivity contribution is 7.15. The molecule has 1 aromatic rings. The maximum absolute atomic E-state index is 4.56. The molecule has 0 radical (unpaired) electrons. The molecule has 2 aliphatic rings. The molecule has 2 atom stereocenters. The van der Waals surface area contributed by atoms with Crippen molar-refractivity contribution in [2.75, 3.05) is 18.9 Å². The van der Waals surface area contributed by atoms with E-state index in [1.165, 1.54) is 36.3 Å². The summed E-state index contributed by atoms with van der Waals surface area (Å²) in [6, 6.07) is 1.69. The summed E-state index contributed by atoms with van der Waals surface area (Å²) >= 11 is 1.79. The van der Waals surface area contributed by atoms with Gasteiger partial charge in [0.05, 0.1) is 5.69 Å². The van der Waals surface area contributed by atoms with E-state index in [1.807, 2.05) is 0 Å². The van der Waals surface area contributed by atoms with Gasteiger partial charge in [-0.3, -0.25) is 0 Å². The Bertz CT molecular complexity index is 395. The third kappa shape index (κ3) is 2.28. The maximum Gasteiger partial charge on any atom is 0.183 e. The van der Waals surface area contributed by atoms with E-state index in [0.717, 1.165) is 29.7 Å². The summed E-state index contributed by atoms with van der Waals surface area (Å²) in [6.45, 7) is 5.34. The average Bonchev–Trinajstić information content (AvgIpc) is 2.75. The van der Waals surface area contributed by atoms with Crippen LogP contribution in [-0.4, -0.2) is 35.6 Å². The molecule has 2 bridgehead atoms. The van der Waals surface area contributed by atoms with E-state index in [9.17, 15) is 0 Å². The van der Waals surface area contributed by atoms with E-state index in [4.69, 9.17) is 0 Å². The van der Waals surface area contributed by atoms with Crippen molar-refractivity contribution in [2.45, 2.75) is 51.6 Å². The standard InChI is InChI=1S/C14H23N3S/c1-9-10(2)18-14(16-9)15-8-11-6-12-4-5-13(7-11)17(12)3/h11-13H,4-8H2,1-3H3,(H,15,16). The quantitative estimate of drug-likeness (QED) is 0.910. The van der Waals surface area contributed by atoms with Gasteiger partial charge in [0.25, 0.3) is 0 Å². The number of nitrogens with zero attached hydrogens (tertiary/aromatic N) is 2. The van der Waals surface area contributed by atoms with Gasteiger partial charge in [-0.15, -0.1) is 11.3 Å². The number of aromatic nitrogens is 1. The number of hydrogen-bond acceptors (Lipinski definition) is 4. The lowest BCUT2D eigenvalue weighted by molar-refractivity contribution is 0.139. The molecule has 100 valence electrons.